The van der Waals surface area contributed by atoms with Crippen molar-refractivity contribution in [3.63, 3.8) is 0 Å². The minimum Gasteiger partial charge on any atom is -0.454 e. The van der Waals surface area contributed by atoms with Crippen LogP contribution in [-0.4, -0.2) is 15.3 Å². The molecule has 0 bridgehead atoms. The second-order valence-corrected chi connectivity index (χ2v) is 14.0. The zero-order chi connectivity index (χ0) is 33.7. The quantitative estimate of drug-likeness (QED) is 0.139. The Labute approximate surface area is 290 Å². The van der Waals surface area contributed by atoms with Crippen LogP contribution in [0.25, 0.3) is 73.1 Å². The van der Waals surface area contributed by atoms with Crippen molar-refractivity contribution in [2.24, 2.45) is 12.0 Å². The Morgan fingerprint density at radius 2 is 1.58 bits per heavy atom. The summed E-state index contributed by atoms with van der Waals surface area (Å²) in [7, 11) is 2.10. The molecule has 0 saturated heterocycles. The number of aromatic nitrogens is 2. The van der Waals surface area contributed by atoms with Crippen LogP contribution < -0.4 is 0 Å². The van der Waals surface area contributed by atoms with Gasteiger partial charge in [0.1, 0.15) is 11.1 Å². The van der Waals surface area contributed by atoms with Crippen molar-refractivity contribution in [1.29, 1.82) is 0 Å². The molecule has 3 aromatic heterocycles. The number of aryl methyl sites for hydroxylation is 1. The summed E-state index contributed by atoms with van der Waals surface area (Å²) in [6, 6.07) is 39.0. The largest absolute Gasteiger partial charge is 0.454 e. The molecule has 2 aliphatic rings. The highest BCUT2D eigenvalue weighted by atomic mass is 16.3. The molecule has 10 rings (SSSR count). The third-order valence-electron chi connectivity index (χ3n) is 10.8. The Balaban J connectivity index is 1.26. The first kappa shape index (κ1) is 28.7. The molecule has 0 aliphatic heterocycles. The maximum atomic E-state index is 6.77. The molecule has 4 heteroatoms. The normalized spacial score (nSPS) is 14.0. The molecular formula is C46H33N3O. The van der Waals surface area contributed by atoms with Crippen molar-refractivity contribution in [2.75, 3.05) is 0 Å². The summed E-state index contributed by atoms with van der Waals surface area (Å²) < 4.78 is 11.4. The van der Waals surface area contributed by atoms with Crippen LogP contribution in [0, 0.1) is 6.92 Å². The summed E-state index contributed by atoms with van der Waals surface area (Å²) in [6.07, 6.45) is 6.03. The van der Waals surface area contributed by atoms with Gasteiger partial charge in [0.05, 0.1) is 28.8 Å². The fourth-order valence-electron chi connectivity index (χ4n) is 8.38. The minimum absolute atomic E-state index is 0.114. The molecule has 0 saturated carbocycles. The summed E-state index contributed by atoms with van der Waals surface area (Å²) in [4.78, 5) is 4.89. The highest BCUT2D eigenvalue weighted by molar-refractivity contribution is 6.18. The molecule has 238 valence electrons. The lowest BCUT2D eigenvalue weighted by Crippen LogP contribution is -2.14. The minimum atomic E-state index is -0.114. The maximum absolute atomic E-state index is 6.77. The molecule has 3 heterocycles. The Kier molecular flexibility index (Phi) is 5.93. The molecule has 0 fully saturated rings. The van der Waals surface area contributed by atoms with E-state index in [0.717, 1.165) is 72.4 Å². The molecule has 5 aromatic carbocycles. The van der Waals surface area contributed by atoms with Gasteiger partial charge >= 0.3 is 0 Å². The van der Waals surface area contributed by atoms with Gasteiger partial charge in [0.15, 0.2) is 5.58 Å². The van der Waals surface area contributed by atoms with Gasteiger partial charge < -0.3 is 13.6 Å². The summed E-state index contributed by atoms with van der Waals surface area (Å²) in [6.45, 7) is 6.85. The fraction of sp³-hybridized carbons (Fsp3) is 0.109. The molecule has 0 unspecified atom stereocenters. The van der Waals surface area contributed by atoms with E-state index in [9.17, 15) is 0 Å². The van der Waals surface area contributed by atoms with Crippen molar-refractivity contribution in [3.8, 4) is 27.9 Å². The third-order valence-corrected chi connectivity index (χ3v) is 10.8. The van der Waals surface area contributed by atoms with Crippen molar-refractivity contribution in [1.82, 2.24) is 9.13 Å². The molecular weight excluding hydrogens is 611 g/mol. The van der Waals surface area contributed by atoms with Crippen LogP contribution in [0.2, 0.25) is 0 Å². The van der Waals surface area contributed by atoms with E-state index in [1.807, 2.05) is 48.7 Å². The zero-order valence-electron chi connectivity index (χ0n) is 28.4. The molecule has 0 atom stereocenters. The van der Waals surface area contributed by atoms with Gasteiger partial charge in [0, 0.05) is 46.1 Å². The number of hydrogen-bond acceptors (Lipinski definition) is 2. The number of rotatable bonds is 4. The average molecular weight is 644 g/mol. The number of fused-ring (bicyclic) bond motifs is 9. The van der Waals surface area contributed by atoms with Gasteiger partial charge in [-0.15, -0.1) is 0 Å². The second-order valence-electron chi connectivity index (χ2n) is 14.0. The van der Waals surface area contributed by atoms with Crippen molar-refractivity contribution in [3.05, 3.63) is 154 Å². The van der Waals surface area contributed by atoms with E-state index in [0.29, 0.717) is 0 Å². The lowest BCUT2D eigenvalue weighted by atomic mass is 9.82. The first-order valence-corrected chi connectivity index (χ1v) is 17.1. The molecule has 50 heavy (non-hydrogen) atoms. The summed E-state index contributed by atoms with van der Waals surface area (Å²) in [5.74, 6) is 0. The zero-order valence-corrected chi connectivity index (χ0v) is 28.4. The Morgan fingerprint density at radius 1 is 0.780 bits per heavy atom. The molecule has 2 aliphatic carbocycles. The third kappa shape index (κ3) is 3.92. The molecule has 8 aromatic rings. The van der Waals surface area contributed by atoms with Gasteiger partial charge in [-0.25, -0.2) is 0 Å². The predicted molar refractivity (Wildman–Crippen MR) is 207 cm³/mol. The van der Waals surface area contributed by atoms with Gasteiger partial charge in [-0.3, -0.25) is 4.99 Å². The Morgan fingerprint density at radius 3 is 2.46 bits per heavy atom. The standard InChI is InChI=1S/C46H33N3O/c1-28-14-12-23-41-42(28)44-45(50-41)35-25-37-34(32-19-8-10-21-36(32)46(37,2)3)26-39(35)49(44)31-18-13-15-29(24-31)43-33-20-9-11-22-38(33)48(4)40(43)27-47-30-16-6-5-7-17-30/h5-8,10,12-27H,1-4H3. The van der Waals surface area contributed by atoms with Gasteiger partial charge in [-0.2, -0.15) is 0 Å². The SMILES string of the molecule is Cc1cccc2oc3c4cc5c(cc4n(-c4cccc(-c6c7c(n(C)c6C=Nc6ccccc6)C=C=C=C7)c4)c3c12)-c1ccccc1C5(C)C. The molecule has 0 radical (unpaired) electrons. The van der Waals surface area contributed by atoms with E-state index in [1.54, 1.807) is 0 Å². The summed E-state index contributed by atoms with van der Waals surface area (Å²) >= 11 is 0. The Hall–Kier alpha value is -6.31. The van der Waals surface area contributed by atoms with Gasteiger partial charge in [-0.05, 0) is 88.8 Å². The predicted octanol–water partition coefficient (Wildman–Crippen LogP) is 11.7. The highest BCUT2D eigenvalue weighted by Crippen LogP contribution is 2.52. The molecule has 4 nitrogen and oxygen atoms in total. The van der Waals surface area contributed by atoms with Crippen LogP contribution in [0.5, 0.6) is 0 Å². The van der Waals surface area contributed by atoms with E-state index in [1.165, 1.54) is 27.8 Å². The number of aliphatic imine (C=N–C) groups is 1. The van der Waals surface area contributed by atoms with E-state index >= 15 is 0 Å². The van der Waals surface area contributed by atoms with E-state index in [-0.39, 0.29) is 5.41 Å². The molecule has 0 N–H and O–H groups in total. The molecule has 0 spiro atoms. The second kappa shape index (κ2) is 10.3. The molecule has 0 amide bonds. The van der Waals surface area contributed by atoms with E-state index < -0.39 is 0 Å². The van der Waals surface area contributed by atoms with Crippen LogP contribution in [0.3, 0.4) is 0 Å². The number of furan rings is 1. The average Bonchev–Trinajstić information content (AvgIpc) is 3.82. The number of benzene rings is 5. The number of nitrogens with zero attached hydrogens (tertiary/aromatic N) is 3. The topological polar surface area (TPSA) is 35.4 Å². The number of para-hydroxylation sites is 1. The van der Waals surface area contributed by atoms with Gasteiger partial charge in [0.2, 0.25) is 0 Å². The van der Waals surface area contributed by atoms with Crippen LogP contribution >= 0.6 is 0 Å². The van der Waals surface area contributed by atoms with Crippen LogP contribution in [0.1, 0.15) is 47.5 Å². The van der Waals surface area contributed by atoms with Gasteiger partial charge in [-0.1, -0.05) is 92.0 Å². The van der Waals surface area contributed by atoms with Crippen molar-refractivity contribution in [2.45, 2.75) is 26.2 Å². The highest BCUT2D eigenvalue weighted by Gasteiger charge is 2.36. The van der Waals surface area contributed by atoms with Crippen molar-refractivity contribution < 1.29 is 4.42 Å². The van der Waals surface area contributed by atoms with Crippen LogP contribution in [-0.2, 0) is 12.5 Å². The number of hydrogen-bond donors (Lipinski definition) is 0. The van der Waals surface area contributed by atoms with Crippen molar-refractivity contribution >= 4 is 57.0 Å². The van der Waals surface area contributed by atoms with E-state index in [4.69, 9.17) is 9.41 Å². The maximum Gasteiger partial charge on any atom is 0.161 e. The summed E-state index contributed by atoms with van der Waals surface area (Å²) in [5, 5.41) is 2.28. The first-order valence-electron chi connectivity index (χ1n) is 17.1. The first-order chi connectivity index (χ1) is 24.4. The monoisotopic (exact) mass is 643 g/mol. The van der Waals surface area contributed by atoms with E-state index in [2.05, 4.69) is 127 Å². The lowest BCUT2D eigenvalue weighted by molar-refractivity contribution is 0.660. The Bertz CT molecular complexity index is 2870. The summed E-state index contributed by atoms with van der Waals surface area (Å²) in [5.41, 5.74) is 24.3. The van der Waals surface area contributed by atoms with Gasteiger partial charge in [0.25, 0.3) is 0 Å². The van der Waals surface area contributed by atoms with Crippen LogP contribution in [0.4, 0.5) is 5.69 Å². The lowest BCUT2D eigenvalue weighted by Gasteiger charge is -2.21. The fourth-order valence-corrected chi connectivity index (χ4v) is 8.38. The van der Waals surface area contributed by atoms with Crippen LogP contribution in [0.15, 0.2) is 130 Å². The smallest absolute Gasteiger partial charge is 0.161 e.